The highest BCUT2D eigenvalue weighted by atomic mass is 16.5. The molecule has 0 heterocycles. The molecule has 0 rings (SSSR count). The average molecular weight is 472 g/mol. The largest absolute Gasteiger partial charge is 0.469 e. The van der Waals surface area contributed by atoms with Crippen molar-refractivity contribution in [1.82, 2.24) is 4.90 Å². The number of nitrogens with zero attached hydrogens (tertiary/aromatic N) is 1. The molecule has 0 aliphatic rings. The molecular weight excluding hydrogens is 418 g/mol. The van der Waals surface area contributed by atoms with Crippen molar-refractivity contribution in [3.05, 3.63) is 0 Å². The van der Waals surface area contributed by atoms with Gasteiger partial charge in [-0.3, -0.25) is 9.59 Å². The number of ether oxygens (including phenoxy) is 2. The van der Waals surface area contributed by atoms with E-state index in [1.165, 1.54) is 58.5 Å². The lowest BCUT2D eigenvalue weighted by Gasteiger charge is -2.20. The van der Waals surface area contributed by atoms with Gasteiger partial charge in [0.1, 0.15) is 0 Å². The summed E-state index contributed by atoms with van der Waals surface area (Å²) in [4.78, 5) is 25.4. The highest BCUT2D eigenvalue weighted by molar-refractivity contribution is 5.69. The third-order valence-electron chi connectivity index (χ3n) is 6.35. The average Bonchev–Trinajstić information content (AvgIpc) is 2.81. The van der Waals surface area contributed by atoms with Gasteiger partial charge >= 0.3 is 11.9 Å². The van der Waals surface area contributed by atoms with Crippen molar-refractivity contribution < 1.29 is 24.2 Å². The standard InChI is InChI=1S/C27H53NO5/c1-4-6-11-15-25(16-12-7-5-2)19-24-33-27(31)17-13-9-8-10-14-20-28(22-23-29)21-18-26(30)32-3/h25,29H,4-24H2,1-3H3. The van der Waals surface area contributed by atoms with E-state index in [-0.39, 0.29) is 18.5 Å². The molecule has 0 saturated carbocycles. The van der Waals surface area contributed by atoms with Crippen LogP contribution in [-0.2, 0) is 19.1 Å². The summed E-state index contributed by atoms with van der Waals surface area (Å²) in [6, 6.07) is 0. The molecule has 0 spiro atoms. The molecule has 0 aromatic rings. The van der Waals surface area contributed by atoms with E-state index in [2.05, 4.69) is 23.5 Å². The van der Waals surface area contributed by atoms with Crippen LogP contribution in [0.5, 0.6) is 0 Å². The predicted octanol–water partition coefficient (Wildman–Crippen LogP) is 5.89. The summed E-state index contributed by atoms with van der Waals surface area (Å²) >= 11 is 0. The number of rotatable bonds is 24. The van der Waals surface area contributed by atoms with Crippen molar-refractivity contribution in [2.75, 3.05) is 40.0 Å². The van der Waals surface area contributed by atoms with E-state index in [0.29, 0.717) is 38.5 Å². The van der Waals surface area contributed by atoms with Gasteiger partial charge in [-0.25, -0.2) is 0 Å². The first-order valence-electron chi connectivity index (χ1n) is 13.6. The molecule has 0 aromatic heterocycles. The third-order valence-corrected chi connectivity index (χ3v) is 6.35. The quantitative estimate of drug-likeness (QED) is 0.140. The first-order chi connectivity index (χ1) is 16.1. The SMILES string of the molecule is CCCCCC(CCCCC)CCOC(=O)CCCCCCCN(CCO)CCC(=O)OC. The maximum Gasteiger partial charge on any atom is 0.306 e. The fourth-order valence-corrected chi connectivity index (χ4v) is 4.17. The number of aliphatic hydroxyl groups excluding tert-OH is 1. The van der Waals surface area contributed by atoms with Crippen LogP contribution in [0.1, 0.15) is 117 Å². The minimum atomic E-state index is -0.215. The van der Waals surface area contributed by atoms with Crippen molar-refractivity contribution in [3.8, 4) is 0 Å². The van der Waals surface area contributed by atoms with E-state index >= 15 is 0 Å². The van der Waals surface area contributed by atoms with Crippen molar-refractivity contribution in [2.45, 2.75) is 117 Å². The maximum atomic E-state index is 12.1. The zero-order valence-corrected chi connectivity index (χ0v) is 22.0. The Kier molecular flexibility index (Phi) is 23.2. The number of aliphatic hydroxyl groups is 1. The number of hydrogen-bond acceptors (Lipinski definition) is 6. The second-order valence-electron chi connectivity index (χ2n) is 9.28. The zero-order valence-electron chi connectivity index (χ0n) is 22.0. The molecule has 1 N–H and O–H groups in total. The summed E-state index contributed by atoms with van der Waals surface area (Å²) in [5.74, 6) is 0.440. The van der Waals surface area contributed by atoms with Gasteiger partial charge < -0.3 is 19.5 Å². The number of carbonyl (C=O) groups is 2. The summed E-state index contributed by atoms with van der Waals surface area (Å²) in [6.45, 7) is 7.24. The Hall–Kier alpha value is -1.14. The summed E-state index contributed by atoms with van der Waals surface area (Å²) in [6.07, 6.45) is 17.3. The van der Waals surface area contributed by atoms with Crippen LogP contribution in [0.4, 0.5) is 0 Å². The molecule has 0 aromatic carbocycles. The summed E-state index contributed by atoms with van der Waals surface area (Å²) in [5, 5.41) is 9.17. The van der Waals surface area contributed by atoms with Crippen molar-refractivity contribution in [2.24, 2.45) is 5.92 Å². The normalized spacial score (nSPS) is 11.3. The van der Waals surface area contributed by atoms with E-state index in [1.807, 2.05) is 0 Å². The summed E-state index contributed by atoms with van der Waals surface area (Å²) in [7, 11) is 1.40. The maximum absolute atomic E-state index is 12.1. The van der Waals surface area contributed by atoms with Crippen molar-refractivity contribution in [3.63, 3.8) is 0 Å². The fourth-order valence-electron chi connectivity index (χ4n) is 4.17. The lowest BCUT2D eigenvalue weighted by atomic mass is 9.92. The Bertz CT molecular complexity index is 448. The first-order valence-corrected chi connectivity index (χ1v) is 13.6. The van der Waals surface area contributed by atoms with Gasteiger partial charge in [-0.1, -0.05) is 84.5 Å². The Morgan fingerprint density at radius 2 is 1.36 bits per heavy atom. The number of esters is 2. The van der Waals surface area contributed by atoms with E-state index < -0.39 is 0 Å². The molecule has 6 nitrogen and oxygen atoms in total. The lowest BCUT2D eigenvalue weighted by molar-refractivity contribution is -0.144. The first kappa shape index (κ1) is 31.9. The molecule has 0 radical (unpaired) electrons. The number of unbranched alkanes of at least 4 members (excludes halogenated alkanes) is 8. The summed E-state index contributed by atoms with van der Waals surface area (Å²) in [5.41, 5.74) is 0. The Labute approximate surface area is 203 Å². The van der Waals surface area contributed by atoms with Gasteiger partial charge in [0.2, 0.25) is 0 Å². The minimum Gasteiger partial charge on any atom is -0.469 e. The highest BCUT2D eigenvalue weighted by Gasteiger charge is 2.11. The van der Waals surface area contributed by atoms with E-state index in [4.69, 9.17) is 4.74 Å². The number of carbonyl (C=O) groups excluding carboxylic acids is 2. The van der Waals surface area contributed by atoms with Gasteiger partial charge in [-0.2, -0.15) is 0 Å². The fraction of sp³-hybridized carbons (Fsp3) is 0.926. The highest BCUT2D eigenvalue weighted by Crippen LogP contribution is 2.21. The van der Waals surface area contributed by atoms with E-state index in [0.717, 1.165) is 45.1 Å². The van der Waals surface area contributed by atoms with Crippen molar-refractivity contribution in [1.29, 1.82) is 0 Å². The molecule has 0 aliphatic carbocycles. The van der Waals surface area contributed by atoms with Crippen LogP contribution in [0.2, 0.25) is 0 Å². The van der Waals surface area contributed by atoms with Crippen LogP contribution in [0.15, 0.2) is 0 Å². The van der Waals surface area contributed by atoms with E-state index in [1.54, 1.807) is 0 Å². The minimum absolute atomic E-state index is 0.0483. The second-order valence-corrected chi connectivity index (χ2v) is 9.28. The molecule has 33 heavy (non-hydrogen) atoms. The van der Waals surface area contributed by atoms with E-state index in [9.17, 15) is 14.7 Å². The number of methoxy groups -OCH3 is 1. The van der Waals surface area contributed by atoms with Gasteiger partial charge in [0.25, 0.3) is 0 Å². The molecular formula is C27H53NO5. The molecule has 0 aliphatic heterocycles. The van der Waals surface area contributed by atoms with Crippen LogP contribution in [0.25, 0.3) is 0 Å². The molecule has 0 fully saturated rings. The Morgan fingerprint density at radius 3 is 1.97 bits per heavy atom. The smallest absolute Gasteiger partial charge is 0.306 e. The van der Waals surface area contributed by atoms with Gasteiger partial charge in [0.05, 0.1) is 26.7 Å². The lowest BCUT2D eigenvalue weighted by Crippen LogP contribution is -2.30. The topological polar surface area (TPSA) is 76.1 Å². The van der Waals surface area contributed by atoms with Gasteiger partial charge in [-0.15, -0.1) is 0 Å². The van der Waals surface area contributed by atoms with Crippen LogP contribution in [0.3, 0.4) is 0 Å². The molecule has 196 valence electrons. The van der Waals surface area contributed by atoms with Crippen LogP contribution in [0, 0.1) is 5.92 Å². The monoisotopic (exact) mass is 471 g/mol. The molecule has 0 bridgehead atoms. The summed E-state index contributed by atoms with van der Waals surface area (Å²) < 4.78 is 10.2. The van der Waals surface area contributed by atoms with Gasteiger partial charge in [0, 0.05) is 19.5 Å². The third kappa shape index (κ3) is 21.2. The Balaban J connectivity index is 3.82. The number of hydrogen-bond donors (Lipinski definition) is 1. The van der Waals surface area contributed by atoms with Crippen LogP contribution >= 0.6 is 0 Å². The van der Waals surface area contributed by atoms with Crippen LogP contribution in [-0.4, -0.2) is 61.9 Å². The zero-order chi connectivity index (χ0) is 24.6. The molecule has 0 atom stereocenters. The van der Waals surface area contributed by atoms with Crippen molar-refractivity contribution >= 4 is 11.9 Å². The van der Waals surface area contributed by atoms with Gasteiger partial charge in [0.15, 0.2) is 0 Å². The van der Waals surface area contributed by atoms with Gasteiger partial charge in [-0.05, 0) is 31.7 Å². The van der Waals surface area contributed by atoms with Crippen LogP contribution < -0.4 is 0 Å². The predicted molar refractivity (Wildman–Crippen MR) is 135 cm³/mol. The Morgan fingerprint density at radius 1 is 0.727 bits per heavy atom. The molecule has 0 unspecified atom stereocenters. The molecule has 6 heteroatoms. The molecule has 0 saturated heterocycles. The second kappa shape index (κ2) is 24.0. The molecule has 0 amide bonds.